The molecule has 72 valence electrons. The van der Waals surface area contributed by atoms with Crippen molar-refractivity contribution < 1.29 is 10.1 Å². The van der Waals surface area contributed by atoms with Gasteiger partial charge in [0.05, 0.1) is 0 Å². The van der Waals surface area contributed by atoms with Crippen LogP contribution in [0.15, 0.2) is 30.3 Å². The average Bonchev–Trinajstić information content (AvgIpc) is 2.17. The molecule has 0 aliphatic carbocycles. The first-order valence-corrected chi connectivity index (χ1v) is 4.49. The van der Waals surface area contributed by atoms with Gasteiger partial charge in [0.15, 0.2) is 0 Å². The Balaban J connectivity index is 3.03. The fourth-order valence-electron chi connectivity index (χ4n) is 1.26. The third-order valence-corrected chi connectivity index (χ3v) is 2.64. The minimum absolute atomic E-state index is 0.222. The zero-order chi connectivity index (χ0) is 9.90. The fraction of sp³-hybridized carbons (Fsp3) is 0.455. The molecule has 0 fully saturated rings. The molecule has 1 aromatic rings. The van der Waals surface area contributed by atoms with Crippen LogP contribution in [0, 0.1) is 5.92 Å². The Morgan fingerprint density at radius 1 is 1.23 bits per heavy atom. The minimum atomic E-state index is -0.610. The first-order chi connectivity index (χ1) is 6.11. The van der Waals surface area contributed by atoms with Crippen molar-refractivity contribution in [3.05, 3.63) is 35.9 Å². The summed E-state index contributed by atoms with van der Waals surface area (Å²) in [4.78, 5) is 4.59. The maximum atomic E-state index is 8.91. The monoisotopic (exact) mass is 180 g/mol. The molecule has 0 aliphatic heterocycles. The second kappa shape index (κ2) is 3.90. The number of hydrogen-bond donors (Lipinski definition) is 1. The molecule has 2 nitrogen and oxygen atoms in total. The van der Waals surface area contributed by atoms with Gasteiger partial charge in [-0.15, -0.1) is 0 Å². The third-order valence-electron chi connectivity index (χ3n) is 2.64. The lowest BCUT2D eigenvalue weighted by atomic mass is 9.85. The largest absolute Gasteiger partial charge is 0.251 e. The summed E-state index contributed by atoms with van der Waals surface area (Å²) in [6, 6.07) is 9.73. The summed E-state index contributed by atoms with van der Waals surface area (Å²) in [5.41, 5.74) is 0.383. The second-order valence-corrected chi connectivity index (χ2v) is 3.72. The smallest absolute Gasteiger partial charge is 0.128 e. The van der Waals surface area contributed by atoms with E-state index in [9.17, 15) is 0 Å². The minimum Gasteiger partial charge on any atom is -0.251 e. The van der Waals surface area contributed by atoms with E-state index in [2.05, 4.69) is 4.89 Å². The van der Waals surface area contributed by atoms with Gasteiger partial charge in [0.1, 0.15) is 5.60 Å². The third kappa shape index (κ3) is 1.90. The van der Waals surface area contributed by atoms with E-state index >= 15 is 0 Å². The molecule has 0 saturated heterocycles. The summed E-state index contributed by atoms with van der Waals surface area (Å²) < 4.78 is 0. The molecule has 0 saturated carbocycles. The highest BCUT2D eigenvalue weighted by Crippen LogP contribution is 2.31. The lowest BCUT2D eigenvalue weighted by Gasteiger charge is -2.30. The Hall–Kier alpha value is -0.860. The van der Waals surface area contributed by atoms with Crippen molar-refractivity contribution in [2.45, 2.75) is 26.4 Å². The van der Waals surface area contributed by atoms with Gasteiger partial charge in [-0.1, -0.05) is 44.2 Å². The summed E-state index contributed by atoms with van der Waals surface area (Å²) in [6.07, 6.45) is 0. The Bertz CT molecular complexity index is 256. The standard InChI is InChI=1S/C11H16O2/c1-9(2)11(3,13-12)10-7-5-4-6-8-10/h4-9,12H,1-3H3/t11-/m1/s1. The molecule has 0 amide bonds. The quantitative estimate of drug-likeness (QED) is 0.572. The molecule has 0 aliphatic rings. The van der Waals surface area contributed by atoms with Gasteiger partial charge < -0.3 is 0 Å². The van der Waals surface area contributed by atoms with Gasteiger partial charge >= 0.3 is 0 Å². The van der Waals surface area contributed by atoms with E-state index in [1.807, 2.05) is 51.1 Å². The van der Waals surface area contributed by atoms with Gasteiger partial charge in [0.2, 0.25) is 0 Å². The second-order valence-electron chi connectivity index (χ2n) is 3.72. The molecular weight excluding hydrogens is 164 g/mol. The van der Waals surface area contributed by atoms with Gasteiger partial charge in [-0.05, 0) is 18.4 Å². The number of rotatable bonds is 3. The van der Waals surface area contributed by atoms with E-state index in [4.69, 9.17) is 5.26 Å². The van der Waals surface area contributed by atoms with Crippen molar-refractivity contribution >= 4 is 0 Å². The van der Waals surface area contributed by atoms with E-state index in [-0.39, 0.29) is 5.92 Å². The van der Waals surface area contributed by atoms with E-state index in [0.717, 1.165) is 5.56 Å². The summed E-state index contributed by atoms with van der Waals surface area (Å²) >= 11 is 0. The van der Waals surface area contributed by atoms with Crippen LogP contribution in [0.1, 0.15) is 26.3 Å². The molecule has 13 heavy (non-hydrogen) atoms. The molecule has 0 bridgehead atoms. The van der Waals surface area contributed by atoms with Crippen molar-refractivity contribution in [3.8, 4) is 0 Å². The van der Waals surface area contributed by atoms with Crippen molar-refractivity contribution in [2.24, 2.45) is 5.92 Å². The number of benzene rings is 1. The maximum Gasteiger partial charge on any atom is 0.128 e. The molecule has 2 heteroatoms. The van der Waals surface area contributed by atoms with Crippen LogP contribution >= 0.6 is 0 Å². The molecule has 1 aromatic carbocycles. The predicted molar refractivity (Wildman–Crippen MR) is 52.3 cm³/mol. The van der Waals surface area contributed by atoms with E-state index < -0.39 is 5.60 Å². The Morgan fingerprint density at radius 2 is 1.77 bits per heavy atom. The van der Waals surface area contributed by atoms with Crippen LogP contribution in [0.5, 0.6) is 0 Å². The van der Waals surface area contributed by atoms with Crippen molar-refractivity contribution in [1.82, 2.24) is 0 Å². The van der Waals surface area contributed by atoms with Gasteiger partial charge in [-0.2, -0.15) is 0 Å². The van der Waals surface area contributed by atoms with E-state index in [0.29, 0.717) is 0 Å². The molecule has 1 atom stereocenters. The summed E-state index contributed by atoms with van der Waals surface area (Å²) in [6.45, 7) is 5.92. The molecular formula is C11H16O2. The Labute approximate surface area is 79.1 Å². The molecule has 0 aromatic heterocycles. The fourth-order valence-corrected chi connectivity index (χ4v) is 1.26. The summed E-state index contributed by atoms with van der Waals surface area (Å²) in [5, 5.41) is 8.91. The summed E-state index contributed by atoms with van der Waals surface area (Å²) in [5.74, 6) is 0.222. The molecule has 0 radical (unpaired) electrons. The Kier molecular flexibility index (Phi) is 3.07. The lowest BCUT2D eigenvalue weighted by Crippen LogP contribution is -2.30. The van der Waals surface area contributed by atoms with Crippen LogP contribution in [-0.4, -0.2) is 5.26 Å². The van der Waals surface area contributed by atoms with Crippen molar-refractivity contribution in [1.29, 1.82) is 0 Å². The van der Waals surface area contributed by atoms with Crippen molar-refractivity contribution in [3.63, 3.8) is 0 Å². The molecule has 0 heterocycles. The lowest BCUT2D eigenvalue weighted by molar-refractivity contribution is -0.336. The van der Waals surface area contributed by atoms with Crippen LogP contribution in [0.4, 0.5) is 0 Å². The first kappa shape index (κ1) is 10.2. The number of hydrogen-bond acceptors (Lipinski definition) is 2. The van der Waals surface area contributed by atoms with Crippen LogP contribution in [-0.2, 0) is 10.5 Å². The van der Waals surface area contributed by atoms with Crippen LogP contribution in [0.25, 0.3) is 0 Å². The van der Waals surface area contributed by atoms with Gasteiger partial charge in [0.25, 0.3) is 0 Å². The molecule has 1 N–H and O–H groups in total. The Morgan fingerprint density at radius 3 is 2.15 bits per heavy atom. The van der Waals surface area contributed by atoms with Gasteiger partial charge in [0, 0.05) is 0 Å². The van der Waals surface area contributed by atoms with E-state index in [1.54, 1.807) is 0 Å². The normalized spacial score (nSPS) is 15.8. The summed E-state index contributed by atoms with van der Waals surface area (Å²) in [7, 11) is 0. The zero-order valence-corrected chi connectivity index (χ0v) is 8.32. The highest BCUT2D eigenvalue weighted by Gasteiger charge is 2.31. The maximum absolute atomic E-state index is 8.91. The van der Waals surface area contributed by atoms with Gasteiger partial charge in [-0.25, -0.2) is 4.89 Å². The molecule has 1 rings (SSSR count). The first-order valence-electron chi connectivity index (χ1n) is 4.49. The van der Waals surface area contributed by atoms with Crippen LogP contribution < -0.4 is 0 Å². The average molecular weight is 180 g/mol. The zero-order valence-electron chi connectivity index (χ0n) is 8.32. The van der Waals surface area contributed by atoms with E-state index in [1.165, 1.54) is 0 Å². The van der Waals surface area contributed by atoms with Crippen LogP contribution in [0.3, 0.4) is 0 Å². The topological polar surface area (TPSA) is 29.5 Å². The highest BCUT2D eigenvalue weighted by molar-refractivity contribution is 5.22. The molecule has 0 spiro atoms. The van der Waals surface area contributed by atoms with Gasteiger partial charge in [-0.3, -0.25) is 5.26 Å². The molecule has 0 unspecified atom stereocenters. The predicted octanol–water partition coefficient (Wildman–Crippen LogP) is 3.05. The SMILES string of the molecule is CC(C)[C@@](C)(OO)c1ccccc1. The highest BCUT2D eigenvalue weighted by atomic mass is 17.1. The van der Waals surface area contributed by atoms with Crippen molar-refractivity contribution in [2.75, 3.05) is 0 Å². The van der Waals surface area contributed by atoms with Crippen LogP contribution in [0.2, 0.25) is 0 Å².